The van der Waals surface area contributed by atoms with Gasteiger partial charge in [0.15, 0.2) is 0 Å². The summed E-state index contributed by atoms with van der Waals surface area (Å²) in [4.78, 5) is 12.2. The second kappa shape index (κ2) is 5.46. The number of methoxy groups -OCH3 is 1. The maximum atomic E-state index is 13.0. The number of carbonyl (C=O) groups excluding carboxylic acids is 1. The number of amides is 1. The van der Waals surface area contributed by atoms with Crippen molar-refractivity contribution >= 4 is 11.6 Å². The fourth-order valence-electron chi connectivity index (χ4n) is 2.17. The van der Waals surface area contributed by atoms with E-state index in [1.165, 1.54) is 19.2 Å². The molecule has 1 aliphatic rings. The molecule has 1 amide bonds. The Morgan fingerprint density at radius 2 is 2.17 bits per heavy atom. The van der Waals surface area contributed by atoms with Gasteiger partial charge in [-0.2, -0.15) is 0 Å². The lowest BCUT2D eigenvalue weighted by Crippen LogP contribution is -2.51. The Morgan fingerprint density at radius 3 is 2.78 bits per heavy atom. The molecule has 98 valence electrons. The van der Waals surface area contributed by atoms with E-state index in [1.54, 1.807) is 12.1 Å². The summed E-state index contributed by atoms with van der Waals surface area (Å²) in [6.07, 6.45) is 1.23. The minimum atomic E-state index is -0.808. The predicted molar refractivity (Wildman–Crippen MR) is 66.9 cm³/mol. The Hall–Kier alpha value is -1.46. The van der Waals surface area contributed by atoms with Gasteiger partial charge in [0.1, 0.15) is 11.4 Å². The molecule has 2 rings (SSSR count). The molecule has 0 radical (unpaired) electrons. The van der Waals surface area contributed by atoms with E-state index in [4.69, 9.17) is 4.74 Å². The molecule has 4 nitrogen and oxygen atoms in total. The number of rotatable bonds is 3. The van der Waals surface area contributed by atoms with Gasteiger partial charge in [-0.05, 0) is 44.1 Å². The summed E-state index contributed by atoms with van der Waals surface area (Å²) in [5.41, 5.74) is -0.354. The van der Waals surface area contributed by atoms with E-state index in [0.717, 1.165) is 13.1 Å². The van der Waals surface area contributed by atoms with Gasteiger partial charge in [0.2, 0.25) is 0 Å². The Morgan fingerprint density at radius 1 is 1.44 bits per heavy atom. The van der Waals surface area contributed by atoms with Crippen LogP contribution in [0.1, 0.15) is 12.8 Å². The molecule has 5 heteroatoms. The molecule has 2 N–H and O–H groups in total. The fraction of sp³-hybridized carbons (Fsp3) is 0.462. The zero-order valence-electron chi connectivity index (χ0n) is 10.3. The maximum absolute atomic E-state index is 13.0. The zero-order valence-corrected chi connectivity index (χ0v) is 10.3. The average molecular weight is 252 g/mol. The molecular formula is C13H17FN2O2. The highest BCUT2D eigenvalue weighted by molar-refractivity contribution is 5.97. The van der Waals surface area contributed by atoms with Gasteiger partial charge < -0.3 is 15.4 Å². The van der Waals surface area contributed by atoms with Crippen LogP contribution in [0.15, 0.2) is 24.3 Å². The number of carbonyl (C=O) groups is 1. The molecule has 1 aliphatic heterocycles. The van der Waals surface area contributed by atoms with Gasteiger partial charge >= 0.3 is 0 Å². The predicted octanol–water partition coefficient (Wildman–Crippen LogP) is 1.53. The van der Waals surface area contributed by atoms with Crippen LogP contribution in [0.25, 0.3) is 0 Å². The van der Waals surface area contributed by atoms with E-state index in [2.05, 4.69) is 10.6 Å². The van der Waals surface area contributed by atoms with E-state index in [9.17, 15) is 9.18 Å². The van der Waals surface area contributed by atoms with Crippen LogP contribution in [0.4, 0.5) is 10.1 Å². The third-order valence-electron chi connectivity index (χ3n) is 3.30. The number of anilines is 1. The first kappa shape index (κ1) is 13.0. The van der Waals surface area contributed by atoms with E-state index in [0.29, 0.717) is 18.5 Å². The molecule has 1 heterocycles. The van der Waals surface area contributed by atoms with Gasteiger partial charge in [-0.1, -0.05) is 6.07 Å². The molecule has 1 aromatic rings. The monoisotopic (exact) mass is 252 g/mol. The van der Waals surface area contributed by atoms with Crippen molar-refractivity contribution in [2.45, 2.75) is 18.4 Å². The van der Waals surface area contributed by atoms with Crippen LogP contribution >= 0.6 is 0 Å². The summed E-state index contributed by atoms with van der Waals surface area (Å²) in [5, 5.41) is 5.89. The lowest BCUT2D eigenvalue weighted by Gasteiger charge is -2.34. The lowest BCUT2D eigenvalue weighted by atomic mass is 9.91. The van der Waals surface area contributed by atoms with Crippen molar-refractivity contribution < 1.29 is 13.9 Å². The summed E-state index contributed by atoms with van der Waals surface area (Å²) in [5.74, 6) is -0.582. The smallest absolute Gasteiger partial charge is 0.256 e. The summed E-state index contributed by atoms with van der Waals surface area (Å²) < 4.78 is 18.4. The van der Waals surface area contributed by atoms with Crippen LogP contribution < -0.4 is 10.6 Å². The standard InChI is InChI=1S/C13H17FN2O2/c1-18-13(5-7-15-8-6-13)12(17)16-11-4-2-3-10(14)9-11/h2-4,9,15H,5-8H2,1H3,(H,16,17). The Kier molecular flexibility index (Phi) is 3.93. The highest BCUT2D eigenvalue weighted by Crippen LogP contribution is 2.24. The van der Waals surface area contributed by atoms with Crippen molar-refractivity contribution in [2.24, 2.45) is 0 Å². The van der Waals surface area contributed by atoms with Crippen molar-refractivity contribution in [2.75, 3.05) is 25.5 Å². The van der Waals surface area contributed by atoms with E-state index in [1.807, 2.05) is 0 Å². The summed E-state index contributed by atoms with van der Waals surface area (Å²) in [6, 6.07) is 5.85. The van der Waals surface area contributed by atoms with Crippen molar-refractivity contribution in [1.29, 1.82) is 0 Å². The maximum Gasteiger partial charge on any atom is 0.256 e. The summed E-state index contributed by atoms with van der Waals surface area (Å²) in [6.45, 7) is 1.48. The minimum Gasteiger partial charge on any atom is -0.368 e. The van der Waals surface area contributed by atoms with Crippen LogP contribution in [0.2, 0.25) is 0 Å². The Balaban J connectivity index is 2.10. The SMILES string of the molecule is COC1(C(=O)Nc2cccc(F)c2)CCNCC1. The molecule has 1 aromatic carbocycles. The number of hydrogen-bond acceptors (Lipinski definition) is 3. The largest absolute Gasteiger partial charge is 0.368 e. The highest BCUT2D eigenvalue weighted by atomic mass is 19.1. The third-order valence-corrected chi connectivity index (χ3v) is 3.30. The number of nitrogens with one attached hydrogen (secondary N) is 2. The van der Waals surface area contributed by atoms with Crippen molar-refractivity contribution in [3.8, 4) is 0 Å². The molecule has 0 aliphatic carbocycles. The molecular weight excluding hydrogens is 235 g/mol. The normalized spacial score (nSPS) is 18.3. The van der Waals surface area contributed by atoms with Gasteiger partial charge in [-0.25, -0.2) is 4.39 Å². The summed E-state index contributed by atoms with van der Waals surface area (Å²) >= 11 is 0. The highest BCUT2D eigenvalue weighted by Gasteiger charge is 2.39. The Labute approximate surface area is 106 Å². The molecule has 0 unspecified atom stereocenters. The third kappa shape index (κ3) is 2.68. The van der Waals surface area contributed by atoms with Crippen LogP contribution in [-0.2, 0) is 9.53 Å². The van der Waals surface area contributed by atoms with Crippen molar-refractivity contribution in [3.63, 3.8) is 0 Å². The minimum absolute atomic E-state index is 0.211. The molecule has 0 spiro atoms. The second-order valence-electron chi connectivity index (χ2n) is 4.41. The lowest BCUT2D eigenvalue weighted by molar-refractivity contribution is -0.140. The number of hydrogen-bond donors (Lipinski definition) is 2. The molecule has 0 aromatic heterocycles. The van der Waals surface area contributed by atoms with Gasteiger partial charge in [0.05, 0.1) is 0 Å². The summed E-state index contributed by atoms with van der Waals surface area (Å²) in [7, 11) is 1.54. The molecule has 0 atom stereocenters. The number of piperidine rings is 1. The van der Waals surface area contributed by atoms with Crippen LogP contribution in [-0.4, -0.2) is 31.7 Å². The van der Waals surface area contributed by atoms with E-state index in [-0.39, 0.29) is 11.7 Å². The molecule has 0 saturated carbocycles. The fourth-order valence-corrected chi connectivity index (χ4v) is 2.17. The first-order chi connectivity index (χ1) is 8.66. The topological polar surface area (TPSA) is 50.4 Å². The van der Waals surface area contributed by atoms with Gasteiger partial charge in [-0.15, -0.1) is 0 Å². The van der Waals surface area contributed by atoms with Gasteiger partial charge in [0, 0.05) is 12.8 Å². The number of ether oxygens (including phenoxy) is 1. The molecule has 18 heavy (non-hydrogen) atoms. The first-order valence-corrected chi connectivity index (χ1v) is 5.99. The average Bonchev–Trinajstić information content (AvgIpc) is 2.39. The van der Waals surface area contributed by atoms with Crippen molar-refractivity contribution in [3.05, 3.63) is 30.1 Å². The van der Waals surface area contributed by atoms with Crippen LogP contribution in [0.3, 0.4) is 0 Å². The van der Waals surface area contributed by atoms with E-state index < -0.39 is 5.60 Å². The Bertz CT molecular complexity index is 431. The molecule has 1 fully saturated rings. The first-order valence-electron chi connectivity index (χ1n) is 5.99. The molecule has 1 saturated heterocycles. The van der Waals surface area contributed by atoms with Crippen molar-refractivity contribution in [1.82, 2.24) is 5.32 Å². The number of benzene rings is 1. The number of halogens is 1. The van der Waals surface area contributed by atoms with Crippen LogP contribution in [0, 0.1) is 5.82 Å². The molecule has 0 bridgehead atoms. The van der Waals surface area contributed by atoms with Gasteiger partial charge in [-0.3, -0.25) is 4.79 Å². The quantitative estimate of drug-likeness (QED) is 0.857. The van der Waals surface area contributed by atoms with Gasteiger partial charge in [0.25, 0.3) is 5.91 Å². The van der Waals surface area contributed by atoms with Crippen LogP contribution in [0.5, 0.6) is 0 Å². The second-order valence-corrected chi connectivity index (χ2v) is 4.41. The zero-order chi connectivity index (χ0) is 13.0. The van der Waals surface area contributed by atoms with E-state index >= 15 is 0 Å².